The SMILES string of the molecule is C=C/C=C(\C=C(\C)CF)c1cc2nc(NC3CC3)c3ncn(C)c3n2n1. The molecule has 0 amide bonds. The summed E-state index contributed by atoms with van der Waals surface area (Å²) in [6.07, 6.45) is 9.36. The monoisotopic (exact) mass is 352 g/mol. The van der Waals surface area contributed by atoms with E-state index in [-0.39, 0.29) is 0 Å². The van der Waals surface area contributed by atoms with Gasteiger partial charge in [0.2, 0.25) is 0 Å². The van der Waals surface area contributed by atoms with Crippen molar-refractivity contribution in [1.29, 1.82) is 0 Å². The third-order valence-electron chi connectivity index (χ3n) is 4.37. The zero-order valence-corrected chi connectivity index (χ0v) is 14.9. The Labute approximate surface area is 150 Å². The summed E-state index contributed by atoms with van der Waals surface area (Å²) in [7, 11) is 1.94. The highest BCUT2D eigenvalue weighted by molar-refractivity contribution is 5.87. The minimum atomic E-state index is -0.498. The number of anilines is 1. The van der Waals surface area contributed by atoms with E-state index < -0.39 is 6.67 Å². The first kappa shape index (κ1) is 16.5. The van der Waals surface area contributed by atoms with E-state index in [1.54, 1.807) is 29.9 Å². The van der Waals surface area contributed by atoms with Crippen molar-refractivity contribution in [2.45, 2.75) is 25.8 Å². The molecule has 0 aliphatic heterocycles. The lowest BCUT2D eigenvalue weighted by molar-refractivity contribution is 0.543. The third kappa shape index (κ3) is 2.89. The highest BCUT2D eigenvalue weighted by atomic mass is 19.1. The first-order valence-corrected chi connectivity index (χ1v) is 8.64. The van der Waals surface area contributed by atoms with Gasteiger partial charge < -0.3 is 9.88 Å². The van der Waals surface area contributed by atoms with Gasteiger partial charge >= 0.3 is 0 Å². The number of nitrogens with one attached hydrogen (secondary N) is 1. The molecule has 0 unspecified atom stereocenters. The predicted molar refractivity (Wildman–Crippen MR) is 102 cm³/mol. The Kier molecular flexibility index (Phi) is 4.06. The van der Waals surface area contributed by atoms with Crippen molar-refractivity contribution in [2.24, 2.45) is 7.05 Å². The molecule has 26 heavy (non-hydrogen) atoms. The van der Waals surface area contributed by atoms with Crippen LogP contribution in [0, 0.1) is 0 Å². The van der Waals surface area contributed by atoms with E-state index in [4.69, 9.17) is 10.1 Å². The molecule has 0 atom stereocenters. The zero-order valence-electron chi connectivity index (χ0n) is 14.9. The Morgan fingerprint density at radius 2 is 2.27 bits per heavy atom. The van der Waals surface area contributed by atoms with Crippen molar-refractivity contribution in [2.75, 3.05) is 12.0 Å². The van der Waals surface area contributed by atoms with Gasteiger partial charge in [-0.05, 0) is 25.3 Å². The van der Waals surface area contributed by atoms with Crippen LogP contribution in [-0.4, -0.2) is 36.9 Å². The minimum absolute atomic E-state index is 0.476. The fourth-order valence-electron chi connectivity index (χ4n) is 2.92. The molecule has 0 bridgehead atoms. The Balaban J connectivity index is 1.91. The molecule has 0 radical (unpaired) electrons. The van der Waals surface area contributed by atoms with Crippen molar-refractivity contribution in [1.82, 2.24) is 24.1 Å². The van der Waals surface area contributed by atoms with Crippen LogP contribution in [0.25, 0.3) is 22.4 Å². The van der Waals surface area contributed by atoms with Crippen LogP contribution in [0.3, 0.4) is 0 Å². The van der Waals surface area contributed by atoms with Crippen molar-refractivity contribution in [3.8, 4) is 0 Å². The number of aryl methyl sites for hydroxylation is 1. The lowest BCUT2D eigenvalue weighted by Gasteiger charge is -2.06. The van der Waals surface area contributed by atoms with Crippen LogP contribution in [0.5, 0.6) is 0 Å². The molecule has 1 fully saturated rings. The summed E-state index contributed by atoms with van der Waals surface area (Å²) in [4.78, 5) is 9.21. The summed E-state index contributed by atoms with van der Waals surface area (Å²) in [6, 6.07) is 2.38. The average Bonchev–Trinajstić information content (AvgIpc) is 3.20. The van der Waals surface area contributed by atoms with Crippen molar-refractivity contribution < 1.29 is 4.39 Å². The van der Waals surface area contributed by atoms with Crippen molar-refractivity contribution in [3.63, 3.8) is 0 Å². The number of nitrogens with zero attached hydrogens (tertiary/aromatic N) is 5. The van der Waals surface area contributed by atoms with E-state index in [1.165, 1.54) is 0 Å². The maximum Gasteiger partial charge on any atom is 0.167 e. The Morgan fingerprint density at radius 1 is 1.46 bits per heavy atom. The normalized spacial score (nSPS) is 15.8. The first-order chi connectivity index (χ1) is 12.6. The molecule has 1 aliphatic rings. The summed E-state index contributed by atoms with van der Waals surface area (Å²) in [5.41, 5.74) is 4.54. The number of hydrogen-bond donors (Lipinski definition) is 1. The van der Waals surface area contributed by atoms with Crippen LogP contribution < -0.4 is 5.32 Å². The van der Waals surface area contributed by atoms with Crippen LogP contribution in [0.1, 0.15) is 25.5 Å². The van der Waals surface area contributed by atoms with E-state index in [9.17, 15) is 4.39 Å². The van der Waals surface area contributed by atoms with E-state index in [0.29, 0.717) is 11.6 Å². The van der Waals surface area contributed by atoms with Gasteiger partial charge in [-0.2, -0.15) is 9.61 Å². The summed E-state index contributed by atoms with van der Waals surface area (Å²) >= 11 is 0. The van der Waals surface area contributed by atoms with Gasteiger partial charge in [0, 0.05) is 24.7 Å². The summed E-state index contributed by atoms with van der Waals surface area (Å²) in [5.74, 6) is 0.784. The molecule has 134 valence electrons. The largest absolute Gasteiger partial charge is 0.365 e. The number of alkyl halides is 1. The Hall–Kier alpha value is -2.96. The van der Waals surface area contributed by atoms with Crippen molar-refractivity contribution >= 4 is 28.2 Å². The first-order valence-electron chi connectivity index (χ1n) is 8.64. The third-order valence-corrected chi connectivity index (χ3v) is 4.37. The maximum absolute atomic E-state index is 12.9. The zero-order chi connectivity index (χ0) is 18.3. The second-order valence-electron chi connectivity index (χ2n) is 6.69. The number of rotatable bonds is 6. The fraction of sp³-hybridized carbons (Fsp3) is 0.316. The molecule has 4 rings (SSSR count). The van der Waals surface area contributed by atoms with Gasteiger partial charge in [-0.25, -0.2) is 14.4 Å². The van der Waals surface area contributed by atoms with Crippen LogP contribution >= 0.6 is 0 Å². The highest BCUT2D eigenvalue weighted by Gasteiger charge is 2.24. The van der Waals surface area contributed by atoms with Crippen molar-refractivity contribution in [3.05, 3.63) is 48.5 Å². The summed E-state index contributed by atoms with van der Waals surface area (Å²) in [6.45, 7) is 5.00. The molecule has 6 nitrogen and oxygen atoms in total. The van der Waals surface area contributed by atoms with Gasteiger partial charge in [0.1, 0.15) is 6.67 Å². The van der Waals surface area contributed by atoms with Gasteiger partial charge in [-0.15, -0.1) is 0 Å². The molecule has 1 saturated carbocycles. The molecule has 0 aromatic carbocycles. The molecular weight excluding hydrogens is 331 g/mol. The minimum Gasteiger partial charge on any atom is -0.365 e. The lowest BCUT2D eigenvalue weighted by Crippen LogP contribution is -2.07. The van der Waals surface area contributed by atoms with Gasteiger partial charge in [0.15, 0.2) is 22.6 Å². The van der Waals surface area contributed by atoms with E-state index >= 15 is 0 Å². The van der Waals surface area contributed by atoms with E-state index in [1.807, 2.05) is 23.8 Å². The lowest BCUT2D eigenvalue weighted by atomic mass is 10.1. The number of halogens is 1. The maximum atomic E-state index is 12.9. The van der Waals surface area contributed by atoms with Gasteiger partial charge in [0.25, 0.3) is 0 Å². The highest BCUT2D eigenvalue weighted by Crippen LogP contribution is 2.29. The molecule has 1 aliphatic carbocycles. The van der Waals surface area contributed by atoms with Gasteiger partial charge in [-0.3, -0.25) is 0 Å². The van der Waals surface area contributed by atoms with Crippen LogP contribution in [-0.2, 0) is 7.05 Å². The quantitative estimate of drug-likeness (QED) is 0.688. The fourth-order valence-corrected chi connectivity index (χ4v) is 2.92. The molecular formula is C19H21FN6. The number of aromatic nitrogens is 5. The van der Waals surface area contributed by atoms with E-state index in [0.717, 1.165) is 46.7 Å². The van der Waals surface area contributed by atoms with Gasteiger partial charge in [-0.1, -0.05) is 24.8 Å². The topological polar surface area (TPSA) is 60.0 Å². The molecule has 1 N–H and O–H groups in total. The molecule has 0 saturated heterocycles. The number of fused-ring (bicyclic) bond motifs is 3. The second kappa shape index (κ2) is 6.40. The molecule has 7 heteroatoms. The summed E-state index contributed by atoms with van der Waals surface area (Å²) in [5, 5.41) is 8.15. The van der Waals surface area contributed by atoms with Crippen LogP contribution in [0.15, 0.2) is 42.8 Å². The second-order valence-corrected chi connectivity index (χ2v) is 6.69. The molecule has 3 aromatic heterocycles. The van der Waals surface area contributed by atoms with Gasteiger partial charge in [0.05, 0.1) is 12.0 Å². The molecule has 3 aromatic rings. The van der Waals surface area contributed by atoms with E-state index in [2.05, 4.69) is 16.9 Å². The standard InChI is InChI=1S/C19H21FN6/c1-4-5-13(8-12(2)10-20)15-9-16-23-18(22-14-6-7-14)17-19(26(16)24-15)25(3)11-21-17/h4-5,8-9,11,14H,1,6-7,10H2,2-3H3,(H,22,23)/b12-8-,13-5+. The predicted octanol–water partition coefficient (Wildman–Crippen LogP) is 3.68. The Bertz CT molecular complexity index is 1050. The smallest absolute Gasteiger partial charge is 0.167 e. The number of allylic oxidation sites excluding steroid dienone is 5. The molecule has 0 spiro atoms. The number of imidazole rings is 1. The Morgan fingerprint density at radius 3 is 2.96 bits per heavy atom. The number of hydrogen-bond acceptors (Lipinski definition) is 4. The molecule has 3 heterocycles. The van der Waals surface area contributed by atoms with Crippen LogP contribution in [0.2, 0.25) is 0 Å². The van der Waals surface area contributed by atoms with Crippen LogP contribution in [0.4, 0.5) is 10.2 Å². The summed E-state index contributed by atoms with van der Waals surface area (Å²) < 4.78 is 16.6. The average molecular weight is 352 g/mol.